The molecule has 182 valence electrons. The molecule has 7 nitrogen and oxygen atoms in total. The standard InChI is InChI=1S/C27H30N4O3S/c1-29(2)35(33,34)23-14-15-25-24(18-23)28-26(30(25)3)16-17-27(32)31(19-21-10-6-4-7-11-21)20-22-12-8-5-9-13-22/h4-15,18H,16-17,19-20H2,1-3H3. The summed E-state index contributed by atoms with van der Waals surface area (Å²) in [5.74, 6) is 0.785. The van der Waals surface area contributed by atoms with Crippen LogP contribution in [-0.2, 0) is 41.4 Å². The monoisotopic (exact) mass is 490 g/mol. The van der Waals surface area contributed by atoms with Crippen LogP contribution >= 0.6 is 0 Å². The maximum absolute atomic E-state index is 13.3. The first-order chi connectivity index (χ1) is 16.8. The number of hydrogen-bond acceptors (Lipinski definition) is 4. The van der Waals surface area contributed by atoms with E-state index in [1.165, 1.54) is 18.4 Å². The lowest BCUT2D eigenvalue weighted by Crippen LogP contribution is -2.30. The highest BCUT2D eigenvalue weighted by molar-refractivity contribution is 7.89. The second-order valence-corrected chi connectivity index (χ2v) is 10.9. The fraction of sp³-hybridized carbons (Fsp3) is 0.259. The van der Waals surface area contributed by atoms with E-state index in [0.717, 1.165) is 22.5 Å². The van der Waals surface area contributed by atoms with Crippen molar-refractivity contribution in [1.29, 1.82) is 0 Å². The maximum Gasteiger partial charge on any atom is 0.242 e. The zero-order valence-electron chi connectivity index (χ0n) is 20.3. The zero-order valence-corrected chi connectivity index (χ0v) is 21.1. The van der Waals surface area contributed by atoms with Gasteiger partial charge in [0.25, 0.3) is 0 Å². The van der Waals surface area contributed by atoms with Crippen LogP contribution in [-0.4, -0.2) is 47.2 Å². The maximum atomic E-state index is 13.3. The van der Waals surface area contributed by atoms with Crippen LogP contribution in [0.15, 0.2) is 83.8 Å². The Labute approximate surface area is 206 Å². The summed E-state index contributed by atoms with van der Waals surface area (Å²) in [6, 6.07) is 24.9. The predicted octanol–water partition coefficient (Wildman–Crippen LogP) is 3.99. The number of fused-ring (bicyclic) bond motifs is 1. The minimum atomic E-state index is -3.55. The van der Waals surface area contributed by atoms with Gasteiger partial charge in [0.05, 0.1) is 15.9 Å². The molecule has 1 heterocycles. The third kappa shape index (κ3) is 5.61. The lowest BCUT2D eigenvalue weighted by Gasteiger charge is -2.23. The minimum absolute atomic E-state index is 0.0423. The Morgan fingerprint density at radius 1 is 0.886 bits per heavy atom. The molecule has 0 aliphatic carbocycles. The molecular formula is C27H30N4O3S. The molecule has 0 unspecified atom stereocenters. The van der Waals surface area contributed by atoms with Crippen molar-refractivity contribution in [3.8, 4) is 0 Å². The zero-order chi connectivity index (χ0) is 25.0. The van der Waals surface area contributed by atoms with Crippen molar-refractivity contribution >= 4 is 27.0 Å². The molecule has 0 radical (unpaired) electrons. The van der Waals surface area contributed by atoms with E-state index in [1.54, 1.807) is 18.2 Å². The third-order valence-corrected chi connectivity index (χ3v) is 7.88. The topological polar surface area (TPSA) is 75.5 Å². The summed E-state index contributed by atoms with van der Waals surface area (Å²) in [6.07, 6.45) is 0.763. The summed E-state index contributed by atoms with van der Waals surface area (Å²) in [5, 5.41) is 0. The Kier molecular flexibility index (Phi) is 7.33. The average Bonchev–Trinajstić information content (AvgIpc) is 3.18. The molecule has 1 aromatic heterocycles. The molecule has 0 aliphatic rings. The molecule has 35 heavy (non-hydrogen) atoms. The second-order valence-electron chi connectivity index (χ2n) is 8.75. The summed E-state index contributed by atoms with van der Waals surface area (Å²) in [5.41, 5.74) is 3.59. The molecule has 0 spiro atoms. The van der Waals surface area contributed by atoms with Crippen molar-refractivity contribution in [2.24, 2.45) is 7.05 Å². The van der Waals surface area contributed by atoms with Crippen LogP contribution in [0.25, 0.3) is 11.0 Å². The molecule has 0 atom stereocenters. The molecule has 0 saturated heterocycles. The van der Waals surface area contributed by atoms with Gasteiger partial charge in [-0.2, -0.15) is 0 Å². The van der Waals surface area contributed by atoms with Crippen molar-refractivity contribution in [1.82, 2.24) is 18.8 Å². The van der Waals surface area contributed by atoms with E-state index in [-0.39, 0.29) is 10.8 Å². The largest absolute Gasteiger partial charge is 0.334 e. The highest BCUT2D eigenvalue weighted by atomic mass is 32.2. The van der Waals surface area contributed by atoms with Crippen molar-refractivity contribution in [3.05, 3.63) is 95.8 Å². The first kappa shape index (κ1) is 24.6. The van der Waals surface area contributed by atoms with Gasteiger partial charge in [0, 0.05) is 47.1 Å². The Morgan fingerprint density at radius 3 is 2.00 bits per heavy atom. The van der Waals surface area contributed by atoms with Gasteiger partial charge in [0.2, 0.25) is 15.9 Å². The smallest absolute Gasteiger partial charge is 0.242 e. The van der Waals surface area contributed by atoms with Crippen LogP contribution in [0.2, 0.25) is 0 Å². The molecule has 0 N–H and O–H groups in total. The number of sulfonamides is 1. The number of imidazole rings is 1. The lowest BCUT2D eigenvalue weighted by atomic mass is 10.1. The molecule has 0 aliphatic heterocycles. The normalized spacial score (nSPS) is 11.8. The second kappa shape index (κ2) is 10.4. The van der Waals surface area contributed by atoms with E-state index in [2.05, 4.69) is 4.98 Å². The van der Waals surface area contributed by atoms with Crippen molar-refractivity contribution in [2.45, 2.75) is 30.8 Å². The van der Waals surface area contributed by atoms with Crippen molar-refractivity contribution in [3.63, 3.8) is 0 Å². The summed E-state index contributed by atoms with van der Waals surface area (Å²) < 4.78 is 28.1. The summed E-state index contributed by atoms with van der Waals surface area (Å²) in [6.45, 7) is 1.06. The number of nitrogens with zero attached hydrogens (tertiary/aromatic N) is 4. The van der Waals surface area contributed by atoms with Crippen LogP contribution < -0.4 is 0 Å². The van der Waals surface area contributed by atoms with Crippen LogP contribution in [0, 0.1) is 0 Å². The molecule has 0 fully saturated rings. The number of rotatable bonds is 9. The molecule has 0 saturated carbocycles. The third-order valence-electron chi connectivity index (χ3n) is 6.07. The Hall–Kier alpha value is -3.49. The van der Waals surface area contributed by atoms with Crippen LogP contribution in [0.4, 0.5) is 0 Å². The number of aryl methyl sites for hydroxylation is 2. The van der Waals surface area contributed by atoms with E-state index in [1.807, 2.05) is 77.2 Å². The van der Waals surface area contributed by atoms with Crippen molar-refractivity contribution < 1.29 is 13.2 Å². The Bertz CT molecular complexity index is 1370. The predicted molar refractivity (Wildman–Crippen MR) is 137 cm³/mol. The molecule has 8 heteroatoms. The lowest BCUT2D eigenvalue weighted by molar-refractivity contribution is -0.132. The van der Waals surface area contributed by atoms with Gasteiger partial charge in [0.1, 0.15) is 5.82 Å². The van der Waals surface area contributed by atoms with Gasteiger partial charge in [-0.1, -0.05) is 60.7 Å². The molecule has 4 aromatic rings. The van der Waals surface area contributed by atoms with E-state index < -0.39 is 10.0 Å². The number of benzene rings is 3. The number of hydrogen-bond donors (Lipinski definition) is 0. The molecule has 4 rings (SSSR count). The fourth-order valence-electron chi connectivity index (χ4n) is 4.04. The quantitative estimate of drug-likeness (QED) is 0.356. The minimum Gasteiger partial charge on any atom is -0.334 e. The Morgan fingerprint density at radius 2 is 1.46 bits per heavy atom. The summed E-state index contributed by atoms with van der Waals surface area (Å²) >= 11 is 0. The first-order valence-electron chi connectivity index (χ1n) is 11.5. The van der Waals surface area contributed by atoms with Crippen LogP contribution in [0.3, 0.4) is 0 Å². The number of carbonyl (C=O) groups excluding carboxylic acids is 1. The highest BCUT2D eigenvalue weighted by Gasteiger charge is 2.20. The Balaban J connectivity index is 1.53. The van der Waals surface area contributed by atoms with Gasteiger partial charge >= 0.3 is 0 Å². The van der Waals surface area contributed by atoms with Crippen LogP contribution in [0.5, 0.6) is 0 Å². The van der Waals surface area contributed by atoms with Crippen molar-refractivity contribution in [2.75, 3.05) is 14.1 Å². The number of carbonyl (C=O) groups is 1. The van der Waals surface area contributed by atoms with E-state index in [9.17, 15) is 13.2 Å². The van der Waals surface area contributed by atoms with Gasteiger partial charge in [-0.05, 0) is 29.3 Å². The van der Waals surface area contributed by atoms with E-state index in [0.29, 0.717) is 31.4 Å². The van der Waals surface area contributed by atoms with Gasteiger partial charge < -0.3 is 9.47 Å². The fourth-order valence-corrected chi connectivity index (χ4v) is 4.96. The van der Waals surface area contributed by atoms with Crippen LogP contribution in [0.1, 0.15) is 23.4 Å². The van der Waals surface area contributed by atoms with E-state index in [4.69, 9.17) is 0 Å². The van der Waals surface area contributed by atoms with Gasteiger partial charge in [-0.3, -0.25) is 4.79 Å². The van der Waals surface area contributed by atoms with Gasteiger partial charge in [0.15, 0.2) is 0 Å². The van der Waals surface area contributed by atoms with Gasteiger partial charge in [-0.15, -0.1) is 0 Å². The molecular weight excluding hydrogens is 460 g/mol. The molecule has 3 aromatic carbocycles. The summed E-state index contributed by atoms with van der Waals surface area (Å²) in [7, 11) is 1.36. The van der Waals surface area contributed by atoms with Gasteiger partial charge in [-0.25, -0.2) is 17.7 Å². The SMILES string of the molecule is CN(C)S(=O)(=O)c1ccc2c(c1)nc(CCC(=O)N(Cc1ccccc1)Cc1ccccc1)n2C. The molecule has 1 amide bonds. The number of amides is 1. The molecule has 0 bridgehead atoms. The van der Waals surface area contributed by atoms with E-state index >= 15 is 0 Å². The highest BCUT2D eigenvalue weighted by Crippen LogP contribution is 2.22. The first-order valence-corrected chi connectivity index (χ1v) is 12.9. The summed E-state index contributed by atoms with van der Waals surface area (Å²) in [4.78, 5) is 20.0. The number of aromatic nitrogens is 2. The average molecular weight is 491 g/mol.